The average molecular weight is 257 g/mol. The van der Waals surface area contributed by atoms with Crippen LogP contribution in [0.15, 0.2) is 30.5 Å². The van der Waals surface area contributed by atoms with Crippen LogP contribution < -0.4 is 11.3 Å². The van der Waals surface area contributed by atoms with Crippen molar-refractivity contribution in [3.05, 3.63) is 41.9 Å². The topological polar surface area (TPSA) is 68.8 Å². The van der Waals surface area contributed by atoms with Crippen LogP contribution in [0.4, 0.5) is 19.0 Å². The molecule has 2 aromatic heterocycles. The molecule has 0 saturated carbocycles. The second-order valence-corrected chi connectivity index (χ2v) is 3.55. The lowest BCUT2D eigenvalue weighted by molar-refractivity contribution is -0.141. The number of hydrazine groups is 1. The Morgan fingerprint density at radius 1 is 1.28 bits per heavy atom. The van der Waals surface area contributed by atoms with Gasteiger partial charge in [-0.05, 0) is 18.2 Å². The van der Waals surface area contributed by atoms with Gasteiger partial charge in [-0.2, -0.15) is 18.3 Å². The van der Waals surface area contributed by atoms with Gasteiger partial charge in [-0.1, -0.05) is 6.07 Å². The van der Waals surface area contributed by atoms with E-state index in [0.717, 1.165) is 6.07 Å². The molecule has 0 atom stereocenters. The molecule has 2 aromatic rings. The third-order valence-electron chi connectivity index (χ3n) is 2.21. The molecule has 0 spiro atoms. The van der Waals surface area contributed by atoms with E-state index in [-0.39, 0.29) is 6.54 Å². The van der Waals surface area contributed by atoms with Crippen LogP contribution in [0.5, 0.6) is 0 Å². The largest absolute Gasteiger partial charge is 0.435 e. The maximum atomic E-state index is 12.3. The predicted octanol–water partition coefficient (Wildman–Crippen LogP) is 1.63. The maximum absolute atomic E-state index is 12.3. The lowest BCUT2D eigenvalue weighted by atomic mass is 10.3. The SMILES string of the molecule is NNc1cccc(Cn2ccc(C(F)(F)F)n2)n1. The Labute approximate surface area is 100 Å². The van der Waals surface area contributed by atoms with Gasteiger partial charge in [0, 0.05) is 6.20 Å². The third-order valence-corrected chi connectivity index (χ3v) is 2.21. The summed E-state index contributed by atoms with van der Waals surface area (Å²) in [6, 6.07) is 5.94. The molecule has 0 aliphatic rings. The first-order valence-corrected chi connectivity index (χ1v) is 5.02. The second-order valence-electron chi connectivity index (χ2n) is 3.55. The van der Waals surface area contributed by atoms with Crippen LogP contribution >= 0.6 is 0 Å². The highest BCUT2D eigenvalue weighted by atomic mass is 19.4. The highest BCUT2D eigenvalue weighted by molar-refractivity contribution is 5.33. The minimum atomic E-state index is -4.43. The van der Waals surface area contributed by atoms with Crippen LogP contribution in [0.1, 0.15) is 11.4 Å². The molecule has 5 nitrogen and oxygen atoms in total. The van der Waals surface area contributed by atoms with Crippen LogP contribution in [0.2, 0.25) is 0 Å². The second kappa shape index (κ2) is 4.65. The average Bonchev–Trinajstić information content (AvgIpc) is 2.77. The van der Waals surface area contributed by atoms with Crippen LogP contribution in [0, 0.1) is 0 Å². The monoisotopic (exact) mass is 257 g/mol. The van der Waals surface area contributed by atoms with Crippen molar-refractivity contribution in [3.63, 3.8) is 0 Å². The van der Waals surface area contributed by atoms with E-state index in [1.54, 1.807) is 18.2 Å². The summed E-state index contributed by atoms with van der Waals surface area (Å²) in [7, 11) is 0. The Bertz CT molecular complexity index is 534. The van der Waals surface area contributed by atoms with Gasteiger partial charge in [0.05, 0.1) is 12.2 Å². The zero-order valence-electron chi connectivity index (χ0n) is 9.15. The number of aromatic nitrogens is 3. The molecule has 0 aromatic carbocycles. The van der Waals surface area contributed by atoms with Gasteiger partial charge in [0.2, 0.25) is 0 Å². The lowest BCUT2D eigenvalue weighted by Gasteiger charge is -2.04. The number of rotatable bonds is 3. The number of pyridine rings is 1. The van der Waals surface area contributed by atoms with E-state index >= 15 is 0 Å². The fraction of sp³-hybridized carbons (Fsp3) is 0.200. The summed E-state index contributed by atoms with van der Waals surface area (Å²) in [5.74, 6) is 5.63. The molecule has 0 saturated heterocycles. The smallest absolute Gasteiger partial charge is 0.308 e. The van der Waals surface area contributed by atoms with Crippen molar-refractivity contribution >= 4 is 5.82 Å². The molecular weight excluding hydrogens is 247 g/mol. The molecule has 0 aliphatic carbocycles. The fourth-order valence-corrected chi connectivity index (χ4v) is 1.41. The molecule has 0 amide bonds. The van der Waals surface area contributed by atoms with Crippen LogP contribution in [-0.4, -0.2) is 14.8 Å². The molecule has 3 N–H and O–H groups in total. The number of hydrogen-bond donors (Lipinski definition) is 2. The Hall–Kier alpha value is -2.09. The molecule has 0 aliphatic heterocycles. The maximum Gasteiger partial charge on any atom is 0.435 e. The number of anilines is 1. The van der Waals surface area contributed by atoms with Gasteiger partial charge in [-0.3, -0.25) is 4.68 Å². The Morgan fingerprint density at radius 3 is 2.67 bits per heavy atom. The minimum absolute atomic E-state index is 0.144. The van der Waals surface area contributed by atoms with E-state index in [1.165, 1.54) is 10.9 Å². The van der Waals surface area contributed by atoms with Gasteiger partial charge in [0.15, 0.2) is 5.69 Å². The standard InChI is InChI=1S/C10H10F3N5/c11-10(12,13)8-4-5-18(17-8)6-7-2-1-3-9(15-7)16-14/h1-5H,6,14H2,(H,15,16). The molecule has 2 heterocycles. The highest BCUT2D eigenvalue weighted by Gasteiger charge is 2.33. The lowest BCUT2D eigenvalue weighted by Crippen LogP contribution is -2.11. The van der Waals surface area contributed by atoms with Gasteiger partial charge in [0.1, 0.15) is 5.82 Å². The number of halogens is 3. The van der Waals surface area contributed by atoms with E-state index in [1.807, 2.05) is 0 Å². The van der Waals surface area contributed by atoms with E-state index in [0.29, 0.717) is 11.5 Å². The molecular formula is C10H10F3N5. The molecule has 96 valence electrons. The highest BCUT2D eigenvalue weighted by Crippen LogP contribution is 2.27. The first-order chi connectivity index (χ1) is 8.49. The predicted molar refractivity (Wildman–Crippen MR) is 58.4 cm³/mol. The molecule has 8 heteroatoms. The quantitative estimate of drug-likeness (QED) is 0.647. The fourth-order valence-electron chi connectivity index (χ4n) is 1.41. The summed E-state index contributed by atoms with van der Waals surface area (Å²) < 4.78 is 38.2. The summed E-state index contributed by atoms with van der Waals surface area (Å²) in [6.07, 6.45) is -3.17. The summed E-state index contributed by atoms with van der Waals surface area (Å²) >= 11 is 0. The normalized spacial score (nSPS) is 11.6. The van der Waals surface area contributed by atoms with Gasteiger partial charge in [0.25, 0.3) is 0 Å². The van der Waals surface area contributed by atoms with Gasteiger partial charge < -0.3 is 5.43 Å². The molecule has 18 heavy (non-hydrogen) atoms. The van der Waals surface area contributed by atoms with Crippen molar-refractivity contribution < 1.29 is 13.2 Å². The van der Waals surface area contributed by atoms with E-state index in [9.17, 15) is 13.2 Å². The Balaban J connectivity index is 2.16. The molecule has 2 rings (SSSR count). The van der Waals surface area contributed by atoms with Crippen molar-refractivity contribution in [2.45, 2.75) is 12.7 Å². The third kappa shape index (κ3) is 2.77. The number of hydrogen-bond acceptors (Lipinski definition) is 4. The summed E-state index contributed by atoms with van der Waals surface area (Å²) in [5, 5.41) is 3.43. The van der Waals surface area contributed by atoms with Crippen molar-refractivity contribution in [1.29, 1.82) is 0 Å². The van der Waals surface area contributed by atoms with Crippen molar-refractivity contribution in [2.24, 2.45) is 5.84 Å². The Morgan fingerprint density at radius 2 is 2.06 bits per heavy atom. The van der Waals surface area contributed by atoms with E-state index in [2.05, 4.69) is 15.5 Å². The van der Waals surface area contributed by atoms with E-state index < -0.39 is 11.9 Å². The number of alkyl halides is 3. The van der Waals surface area contributed by atoms with Crippen LogP contribution in [0.25, 0.3) is 0 Å². The zero-order chi connectivity index (χ0) is 13.2. The molecule has 0 bridgehead atoms. The van der Waals surface area contributed by atoms with Crippen molar-refractivity contribution in [1.82, 2.24) is 14.8 Å². The number of nitrogens with zero attached hydrogens (tertiary/aromatic N) is 3. The summed E-state index contributed by atoms with van der Waals surface area (Å²) in [6.45, 7) is 0.144. The van der Waals surface area contributed by atoms with Gasteiger partial charge in [-0.15, -0.1) is 0 Å². The first-order valence-electron chi connectivity index (χ1n) is 5.02. The number of nitrogens with one attached hydrogen (secondary N) is 1. The summed E-state index contributed by atoms with van der Waals surface area (Å²) in [5.41, 5.74) is 2.00. The van der Waals surface area contributed by atoms with Gasteiger partial charge >= 0.3 is 6.18 Å². The molecule has 0 fully saturated rings. The molecule has 0 radical (unpaired) electrons. The van der Waals surface area contributed by atoms with Crippen molar-refractivity contribution in [3.8, 4) is 0 Å². The van der Waals surface area contributed by atoms with Crippen LogP contribution in [0.3, 0.4) is 0 Å². The van der Waals surface area contributed by atoms with Crippen molar-refractivity contribution in [2.75, 3.05) is 5.43 Å². The number of nitrogens with two attached hydrogens (primary N) is 1. The van der Waals surface area contributed by atoms with Gasteiger partial charge in [-0.25, -0.2) is 10.8 Å². The first kappa shape index (κ1) is 12.4. The number of nitrogen functional groups attached to an aromatic ring is 1. The van der Waals surface area contributed by atoms with Crippen LogP contribution in [-0.2, 0) is 12.7 Å². The summed E-state index contributed by atoms with van der Waals surface area (Å²) in [4.78, 5) is 4.08. The Kier molecular flexibility index (Phi) is 3.19. The molecule has 0 unspecified atom stereocenters. The van der Waals surface area contributed by atoms with E-state index in [4.69, 9.17) is 5.84 Å². The zero-order valence-corrected chi connectivity index (χ0v) is 9.15. The minimum Gasteiger partial charge on any atom is -0.308 e.